The smallest absolute Gasteiger partial charge is 0.262 e. The van der Waals surface area contributed by atoms with E-state index in [1.54, 1.807) is 14.1 Å². The highest BCUT2D eigenvalue weighted by Crippen LogP contribution is 2.23. The van der Waals surface area contributed by atoms with E-state index in [0.717, 1.165) is 10.4 Å². The quantitative estimate of drug-likeness (QED) is 0.919. The molecule has 0 aliphatic heterocycles. The fourth-order valence-electron chi connectivity index (χ4n) is 1.75. The van der Waals surface area contributed by atoms with Gasteiger partial charge in [0, 0.05) is 25.5 Å². The van der Waals surface area contributed by atoms with Gasteiger partial charge < -0.3 is 10.3 Å². The van der Waals surface area contributed by atoms with Gasteiger partial charge in [0.25, 0.3) is 10.0 Å². The van der Waals surface area contributed by atoms with Crippen molar-refractivity contribution in [3.05, 3.63) is 28.2 Å². The predicted molar refractivity (Wildman–Crippen MR) is 75.3 cm³/mol. The Morgan fingerprint density at radius 2 is 2.21 bits per heavy atom. The number of nitrogen functional groups attached to an aromatic ring is 1. The molecular weight excluding hydrogens is 284 g/mol. The number of aromatic nitrogens is 2. The van der Waals surface area contributed by atoms with Gasteiger partial charge in [0.05, 0.1) is 6.33 Å². The lowest BCUT2D eigenvalue weighted by Gasteiger charge is -2.17. The molecule has 2 heterocycles. The average molecular weight is 300 g/mol. The number of anilines is 1. The van der Waals surface area contributed by atoms with Crippen LogP contribution in [0.15, 0.2) is 22.8 Å². The van der Waals surface area contributed by atoms with E-state index in [-0.39, 0.29) is 10.8 Å². The van der Waals surface area contributed by atoms with Gasteiger partial charge >= 0.3 is 0 Å². The normalized spacial score (nSPS) is 12.2. The van der Waals surface area contributed by atoms with Gasteiger partial charge in [0.15, 0.2) is 10.8 Å². The third-order valence-corrected chi connectivity index (χ3v) is 5.84. The summed E-state index contributed by atoms with van der Waals surface area (Å²) in [7, 11) is -0.480. The summed E-state index contributed by atoms with van der Waals surface area (Å²) in [5.74, 6) is 0.0252. The van der Waals surface area contributed by atoms with Crippen LogP contribution in [0.2, 0.25) is 0 Å². The summed E-state index contributed by atoms with van der Waals surface area (Å²) in [4.78, 5) is 4.84. The summed E-state index contributed by atoms with van der Waals surface area (Å²) >= 11 is 1.54. The maximum atomic E-state index is 12.5. The zero-order valence-corrected chi connectivity index (χ0v) is 12.6. The highest BCUT2D eigenvalue weighted by molar-refractivity contribution is 7.89. The van der Waals surface area contributed by atoms with E-state index in [0.29, 0.717) is 6.54 Å². The first kappa shape index (κ1) is 14.0. The molecule has 0 saturated carbocycles. The SMILES string of the molecule is Cc1ccsc1CN(C)S(=O)(=O)c1c(N)ncn1C. The van der Waals surface area contributed by atoms with E-state index in [2.05, 4.69) is 4.98 Å². The Hall–Kier alpha value is -1.38. The molecule has 0 amide bonds. The van der Waals surface area contributed by atoms with Crippen molar-refractivity contribution in [2.75, 3.05) is 12.8 Å². The molecule has 8 heteroatoms. The second-order valence-electron chi connectivity index (χ2n) is 4.33. The van der Waals surface area contributed by atoms with Crippen LogP contribution < -0.4 is 5.73 Å². The van der Waals surface area contributed by atoms with Crippen molar-refractivity contribution in [1.29, 1.82) is 0 Å². The van der Waals surface area contributed by atoms with Crippen LogP contribution in [0.25, 0.3) is 0 Å². The largest absolute Gasteiger partial charge is 0.381 e. The minimum Gasteiger partial charge on any atom is -0.381 e. The van der Waals surface area contributed by atoms with Crippen molar-refractivity contribution in [3.8, 4) is 0 Å². The van der Waals surface area contributed by atoms with E-state index in [4.69, 9.17) is 5.73 Å². The Kier molecular flexibility index (Phi) is 3.66. The van der Waals surface area contributed by atoms with Crippen LogP contribution in [-0.2, 0) is 23.6 Å². The lowest BCUT2D eigenvalue weighted by molar-refractivity contribution is 0.463. The highest BCUT2D eigenvalue weighted by Gasteiger charge is 2.27. The van der Waals surface area contributed by atoms with Crippen molar-refractivity contribution in [2.45, 2.75) is 18.5 Å². The number of nitrogens with zero attached hydrogens (tertiary/aromatic N) is 3. The van der Waals surface area contributed by atoms with Crippen LogP contribution >= 0.6 is 11.3 Å². The van der Waals surface area contributed by atoms with Gasteiger partial charge in [-0.25, -0.2) is 13.4 Å². The number of sulfonamides is 1. The molecule has 104 valence electrons. The molecule has 0 aliphatic carbocycles. The molecule has 0 bridgehead atoms. The summed E-state index contributed by atoms with van der Waals surface area (Å²) in [5.41, 5.74) is 6.72. The summed E-state index contributed by atoms with van der Waals surface area (Å²) < 4.78 is 27.6. The van der Waals surface area contributed by atoms with Crippen LogP contribution in [0.1, 0.15) is 10.4 Å². The zero-order chi connectivity index (χ0) is 14.2. The van der Waals surface area contributed by atoms with Gasteiger partial charge in [-0.15, -0.1) is 11.3 Å². The summed E-state index contributed by atoms with van der Waals surface area (Å²) in [6.07, 6.45) is 1.40. The first-order valence-electron chi connectivity index (χ1n) is 5.60. The lowest BCUT2D eigenvalue weighted by atomic mass is 10.3. The fourth-order valence-corrected chi connectivity index (χ4v) is 4.11. The lowest BCUT2D eigenvalue weighted by Crippen LogP contribution is -2.28. The first-order valence-corrected chi connectivity index (χ1v) is 7.92. The number of aryl methyl sites for hydroxylation is 2. The highest BCUT2D eigenvalue weighted by atomic mass is 32.2. The van der Waals surface area contributed by atoms with Crippen LogP contribution in [0.5, 0.6) is 0 Å². The average Bonchev–Trinajstić information content (AvgIpc) is 2.86. The molecule has 0 aliphatic rings. The van der Waals surface area contributed by atoms with E-state index >= 15 is 0 Å². The molecule has 6 nitrogen and oxygen atoms in total. The molecule has 0 spiro atoms. The number of rotatable bonds is 4. The van der Waals surface area contributed by atoms with Crippen LogP contribution in [0.3, 0.4) is 0 Å². The number of hydrogen-bond donors (Lipinski definition) is 1. The van der Waals surface area contributed by atoms with Crippen molar-refractivity contribution >= 4 is 27.2 Å². The maximum absolute atomic E-state index is 12.5. The van der Waals surface area contributed by atoms with Crippen LogP contribution in [0.4, 0.5) is 5.82 Å². The second kappa shape index (κ2) is 4.95. The first-order chi connectivity index (χ1) is 8.84. The number of nitrogens with two attached hydrogens (primary N) is 1. The molecular formula is C11H16N4O2S2. The number of hydrogen-bond acceptors (Lipinski definition) is 5. The number of imidazole rings is 1. The standard InChI is InChI=1S/C11H16N4O2S2/c1-8-4-5-18-9(8)6-15(3)19(16,17)11-10(12)13-7-14(11)2/h4-5,7H,6,12H2,1-3H3. The Morgan fingerprint density at radius 3 is 2.68 bits per heavy atom. The topological polar surface area (TPSA) is 81.2 Å². The van der Waals surface area contributed by atoms with Gasteiger partial charge in [-0.3, -0.25) is 0 Å². The summed E-state index contributed by atoms with van der Waals surface area (Å²) in [6.45, 7) is 2.29. The van der Waals surface area contributed by atoms with Gasteiger partial charge in [-0.1, -0.05) is 0 Å². The van der Waals surface area contributed by atoms with Crippen LogP contribution in [0, 0.1) is 6.92 Å². The zero-order valence-electron chi connectivity index (χ0n) is 11.0. The molecule has 0 aromatic carbocycles. The van der Waals surface area contributed by atoms with E-state index in [1.165, 1.54) is 26.5 Å². The third kappa shape index (κ3) is 2.51. The monoisotopic (exact) mass is 300 g/mol. The minimum atomic E-state index is -3.63. The van der Waals surface area contributed by atoms with Crippen molar-refractivity contribution < 1.29 is 8.42 Å². The second-order valence-corrected chi connectivity index (χ2v) is 7.29. The van der Waals surface area contributed by atoms with Crippen molar-refractivity contribution in [1.82, 2.24) is 13.9 Å². The van der Waals surface area contributed by atoms with Crippen molar-refractivity contribution in [3.63, 3.8) is 0 Å². The Bertz CT molecular complexity index is 668. The van der Waals surface area contributed by atoms with Crippen LogP contribution in [-0.4, -0.2) is 29.3 Å². The molecule has 2 rings (SSSR count). The Balaban J connectivity index is 2.33. The molecule has 0 saturated heterocycles. The number of thiophene rings is 1. The molecule has 0 radical (unpaired) electrons. The van der Waals surface area contributed by atoms with Gasteiger partial charge in [0.1, 0.15) is 0 Å². The minimum absolute atomic E-state index is 0.0252. The predicted octanol–water partition coefficient (Wildman–Crippen LogP) is 1.19. The van der Waals surface area contributed by atoms with E-state index < -0.39 is 10.0 Å². The molecule has 19 heavy (non-hydrogen) atoms. The molecule has 0 fully saturated rings. The molecule has 2 N–H and O–H groups in total. The summed E-state index contributed by atoms with van der Waals surface area (Å²) in [5, 5.41) is 1.98. The third-order valence-electron chi connectivity index (χ3n) is 2.90. The van der Waals surface area contributed by atoms with Gasteiger partial charge in [-0.2, -0.15) is 4.31 Å². The van der Waals surface area contributed by atoms with E-state index in [1.807, 2.05) is 18.4 Å². The summed E-state index contributed by atoms with van der Waals surface area (Å²) in [6, 6.07) is 1.97. The molecule has 2 aromatic heterocycles. The van der Waals surface area contributed by atoms with Crippen molar-refractivity contribution in [2.24, 2.45) is 7.05 Å². The molecule has 0 unspecified atom stereocenters. The Labute approximate surface area is 116 Å². The molecule has 0 atom stereocenters. The van der Waals surface area contributed by atoms with Gasteiger partial charge in [0.2, 0.25) is 0 Å². The molecule has 2 aromatic rings. The maximum Gasteiger partial charge on any atom is 0.262 e. The Morgan fingerprint density at radius 1 is 1.53 bits per heavy atom. The fraction of sp³-hybridized carbons (Fsp3) is 0.364. The van der Waals surface area contributed by atoms with Gasteiger partial charge in [-0.05, 0) is 23.9 Å². The van der Waals surface area contributed by atoms with E-state index in [9.17, 15) is 8.42 Å².